The third-order valence-electron chi connectivity index (χ3n) is 4.52. The van der Waals surface area contributed by atoms with E-state index in [4.69, 9.17) is 10.5 Å². The molecule has 2 unspecified atom stereocenters. The molecule has 0 aromatic carbocycles. The number of hydrogen-bond donors (Lipinski definition) is 1. The number of hydrogen-bond acceptors (Lipinski definition) is 2. The van der Waals surface area contributed by atoms with Crippen LogP contribution in [0, 0.1) is 11.8 Å². The normalized spacial score (nSPS) is 39.2. The summed E-state index contributed by atoms with van der Waals surface area (Å²) in [6.07, 6.45) is 8.98. The molecule has 1 saturated heterocycles. The summed E-state index contributed by atoms with van der Waals surface area (Å²) < 4.78 is 5.41. The molecular weight excluding hydrogens is 186 g/mol. The quantitative estimate of drug-likeness (QED) is 0.762. The van der Waals surface area contributed by atoms with E-state index in [1.165, 1.54) is 44.9 Å². The lowest BCUT2D eigenvalue weighted by molar-refractivity contribution is 0.0459. The average Bonchev–Trinajstić information content (AvgIpc) is 2.24. The van der Waals surface area contributed by atoms with Gasteiger partial charge in [-0.25, -0.2) is 0 Å². The highest BCUT2D eigenvalue weighted by atomic mass is 16.5. The Labute approximate surface area is 93.6 Å². The Morgan fingerprint density at radius 3 is 2.60 bits per heavy atom. The summed E-state index contributed by atoms with van der Waals surface area (Å²) in [7, 11) is 0. The van der Waals surface area contributed by atoms with Gasteiger partial charge in [-0.2, -0.15) is 0 Å². The highest BCUT2D eigenvalue weighted by Crippen LogP contribution is 2.38. The minimum Gasteiger partial charge on any atom is -0.381 e. The molecule has 2 fully saturated rings. The molecule has 2 N–H and O–H groups in total. The van der Waals surface area contributed by atoms with E-state index in [2.05, 4.69) is 6.92 Å². The average molecular weight is 211 g/mol. The van der Waals surface area contributed by atoms with Crippen molar-refractivity contribution in [1.29, 1.82) is 0 Å². The summed E-state index contributed by atoms with van der Waals surface area (Å²) in [6, 6.07) is 0. The fraction of sp³-hybridized carbons (Fsp3) is 1.00. The van der Waals surface area contributed by atoms with Gasteiger partial charge in [-0.05, 0) is 43.9 Å². The molecule has 0 aromatic heterocycles. The zero-order valence-electron chi connectivity index (χ0n) is 10.0. The van der Waals surface area contributed by atoms with Crippen molar-refractivity contribution in [3.8, 4) is 0 Å². The fourth-order valence-electron chi connectivity index (χ4n) is 3.23. The largest absolute Gasteiger partial charge is 0.381 e. The maximum absolute atomic E-state index is 6.59. The molecule has 2 heteroatoms. The van der Waals surface area contributed by atoms with Gasteiger partial charge in [0.1, 0.15) is 0 Å². The van der Waals surface area contributed by atoms with E-state index in [0.717, 1.165) is 19.1 Å². The molecule has 1 saturated carbocycles. The van der Waals surface area contributed by atoms with E-state index in [1.54, 1.807) is 0 Å². The number of nitrogens with two attached hydrogens (primary N) is 1. The van der Waals surface area contributed by atoms with Crippen LogP contribution in [-0.4, -0.2) is 18.8 Å². The second-order valence-corrected chi connectivity index (χ2v) is 5.64. The van der Waals surface area contributed by atoms with Gasteiger partial charge in [0.2, 0.25) is 0 Å². The van der Waals surface area contributed by atoms with Gasteiger partial charge in [0.05, 0.1) is 0 Å². The van der Waals surface area contributed by atoms with Crippen molar-refractivity contribution in [2.45, 2.75) is 57.4 Å². The monoisotopic (exact) mass is 211 g/mol. The van der Waals surface area contributed by atoms with Crippen molar-refractivity contribution >= 4 is 0 Å². The fourth-order valence-corrected chi connectivity index (χ4v) is 3.23. The first-order chi connectivity index (χ1) is 7.21. The molecule has 2 atom stereocenters. The van der Waals surface area contributed by atoms with Crippen molar-refractivity contribution in [3.63, 3.8) is 0 Å². The first kappa shape index (κ1) is 11.4. The number of ether oxygens (including phenoxy) is 1. The SMILES string of the molecule is CC1CCCCC1(N)CC1CCOCC1. The highest BCUT2D eigenvalue weighted by molar-refractivity contribution is 4.94. The molecule has 2 rings (SSSR count). The van der Waals surface area contributed by atoms with Crippen LogP contribution >= 0.6 is 0 Å². The summed E-state index contributed by atoms with van der Waals surface area (Å²) in [4.78, 5) is 0. The van der Waals surface area contributed by atoms with Gasteiger partial charge in [-0.3, -0.25) is 0 Å². The van der Waals surface area contributed by atoms with Crippen molar-refractivity contribution in [2.75, 3.05) is 13.2 Å². The molecule has 0 aromatic rings. The molecule has 0 spiro atoms. The van der Waals surface area contributed by atoms with Gasteiger partial charge >= 0.3 is 0 Å². The summed E-state index contributed by atoms with van der Waals surface area (Å²) in [6.45, 7) is 4.25. The lowest BCUT2D eigenvalue weighted by Gasteiger charge is -2.42. The van der Waals surface area contributed by atoms with Gasteiger partial charge in [0.15, 0.2) is 0 Å². The zero-order valence-corrected chi connectivity index (χ0v) is 10.0. The minimum absolute atomic E-state index is 0.139. The first-order valence-corrected chi connectivity index (χ1v) is 6.57. The van der Waals surface area contributed by atoms with E-state index >= 15 is 0 Å². The first-order valence-electron chi connectivity index (χ1n) is 6.57. The number of rotatable bonds is 2. The van der Waals surface area contributed by atoms with Crippen molar-refractivity contribution < 1.29 is 4.74 Å². The Morgan fingerprint density at radius 1 is 1.20 bits per heavy atom. The summed E-state index contributed by atoms with van der Waals surface area (Å²) in [5, 5.41) is 0. The van der Waals surface area contributed by atoms with E-state index in [0.29, 0.717) is 5.92 Å². The van der Waals surface area contributed by atoms with Crippen LogP contribution in [0.2, 0.25) is 0 Å². The van der Waals surface area contributed by atoms with Gasteiger partial charge in [0, 0.05) is 18.8 Å². The maximum atomic E-state index is 6.59. The molecule has 0 amide bonds. The standard InChI is InChI=1S/C13H25NO/c1-11-4-2-3-7-13(11,14)10-12-5-8-15-9-6-12/h11-12H,2-10,14H2,1H3. The summed E-state index contributed by atoms with van der Waals surface area (Å²) in [5.41, 5.74) is 6.73. The van der Waals surface area contributed by atoms with Crippen molar-refractivity contribution in [3.05, 3.63) is 0 Å². The Balaban J connectivity index is 1.89. The Hall–Kier alpha value is -0.0800. The lowest BCUT2D eigenvalue weighted by Crippen LogP contribution is -2.49. The maximum Gasteiger partial charge on any atom is 0.0468 e. The van der Waals surface area contributed by atoms with Gasteiger partial charge in [0.25, 0.3) is 0 Å². The molecule has 1 aliphatic carbocycles. The molecule has 0 bridgehead atoms. The Kier molecular flexibility index (Phi) is 3.68. The second kappa shape index (κ2) is 4.84. The van der Waals surface area contributed by atoms with Crippen LogP contribution in [-0.2, 0) is 4.74 Å². The highest BCUT2D eigenvalue weighted by Gasteiger charge is 2.36. The van der Waals surface area contributed by atoms with E-state index in [9.17, 15) is 0 Å². The van der Waals surface area contributed by atoms with E-state index < -0.39 is 0 Å². The summed E-state index contributed by atoms with van der Waals surface area (Å²) in [5.74, 6) is 1.54. The lowest BCUT2D eigenvalue weighted by atomic mass is 9.69. The molecular formula is C13H25NO. The van der Waals surface area contributed by atoms with E-state index in [1.807, 2.05) is 0 Å². The van der Waals surface area contributed by atoms with E-state index in [-0.39, 0.29) is 5.54 Å². The van der Waals surface area contributed by atoms with Crippen LogP contribution in [0.3, 0.4) is 0 Å². The van der Waals surface area contributed by atoms with Crippen LogP contribution < -0.4 is 5.73 Å². The molecule has 1 heterocycles. The zero-order chi connectivity index (χ0) is 10.7. The van der Waals surface area contributed by atoms with Crippen LogP contribution in [0.5, 0.6) is 0 Å². The van der Waals surface area contributed by atoms with Crippen LogP contribution in [0.25, 0.3) is 0 Å². The van der Waals surface area contributed by atoms with Crippen LogP contribution in [0.1, 0.15) is 51.9 Å². The predicted octanol–water partition coefficient (Wildman–Crippen LogP) is 2.71. The third kappa shape index (κ3) is 2.73. The molecule has 0 radical (unpaired) electrons. The molecule has 88 valence electrons. The van der Waals surface area contributed by atoms with Gasteiger partial charge in [-0.1, -0.05) is 19.8 Å². The van der Waals surface area contributed by atoms with Crippen molar-refractivity contribution in [2.24, 2.45) is 17.6 Å². The topological polar surface area (TPSA) is 35.2 Å². The second-order valence-electron chi connectivity index (χ2n) is 5.64. The van der Waals surface area contributed by atoms with Gasteiger partial charge in [-0.15, -0.1) is 0 Å². The molecule has 15 heavy (non-hydrogen) atoms. The third-order valence-corrected chi connectivity index (χ3v) is 4.52. The molecule has 2 aliphatic rings. The minimum atomic E-state index is 0.139. The Bertz CT molecular complexity index is 201. The Morgan fingerprint density at radius 2 is 1.93 bits per heavy atom. The van der Waals surface area contributed by atoms with Crippen LogP contribution in [0.15, 0.2) is 0 Å². The molecule has 2 nitrogen and oxygen atoms in total. The predicted molar refractivity (Wildman–Crippen MR) is 62.7 cm³/mol. The summed E-state index contributed by atoms with van der Waals surface area (Å²) >= 11 is 0. The molecule has 1 aliphatic heterocycles. The smallest absolute Gasteiger partial charge is 0.0468 e. The van der Waals surface area contributed by atoms with Crippen LogP contribution in [0.4, 0.5) is 0 Å². The van der Waals surface area contributed by atoms with Crippen molar-refractivity contribution in [1.82, 2.24) is 0 Å². The van der Waals surface area contributed by atoms with Gasteiger partial charge < -0.3 is 10.5 Å².